The molecule has 14 heavy (non-hydrogen) atoms. The van der Waals surface area contributed by atoms with Crippen LogP contribution in [0.4, 0.5) is 0 Å². The van der Waals surface area contributed by atoms with Crippen molar-refractivity contribution in [2.45, 2.75) is 33.1 Å². The molecule has 0 heteroatoms. The number of allylic oxidation sites excluding steroid dienone is 7. The number of hydrogen-bond acceptors (Lipinski definition) is 0. The fourth-order valence-corrected chi connectivity index (χ4v) is 2.31. The number of rotatable bonds is 1. The van der Waals surface area contributed by atoms with Gasteiger partial charge in [-0.1, -0.05) is 36.0 Å². The summed E-state index contributed by atoms with van der Waals surface area (Å²) in [7, 11) is 0. The molecule has 0 aromatic heterocycles. The third-order valence-corrected chi connectivity index (χ3v) is 3.33. The maximum absolute atomic E-state index is 4.07. The van der Waals surface area contributed by atoms with Crippen LogP contribution in [-0.4, -0.2) is 0 Å². The van der Waals surface area contributed by atoms with Gasteiger partial charge in [0, 0.05) is 0 Å². The van der Waals surface area contributed by atoms with Crippen molar-refractivity contribution in [3.8, 4) is 0 Å². The van der Waals surface area contributed by atoms with Gasteiger partial charge in [0.2, 0.25) is 0 Å². The van der Waals surface area contributed by atoms with E-state index in [1.54, 1.807) is 11.1 Å². The van der Waals surface area contributed by atoms with Gasteiger partial charge in [-0.15, -0.1) is 0 Å². The molecule has 0 fully saturated rings. The second-order valence-electron chi connectivity index (χ2n) is 4.48. The smallest absolute Gasteiger partial charge is 0.00166 e. The predicted octanol–water partition coefficient (Wildman–Crippen LogP) is 4.18. The Balaban J connectivity index is 2.35. The summed E-state index contributed by atoms with van der Waals surface area (Å²) in [5.41, 5.74) is 5.89. The molecule has 0 saturated carbocycles. The van der Waals surface area contributed by atoms with E-state index in [-0.39, 0.29) is 0 Å². The Morgan fingerprint density at radius 2 is 2.29 bits per heavy atom. The van der Waals surface area contributed by atoms with E-state index in [0.717, 1.165) is 6.42 Å². The van der Waals surface area contributed by atoms with Gasteiger partial charge in [0.25, 0.3) is 0 Å². The molecular weight excluding hydrogens is 168 g/mol. The summed E-state index contributed by atoms with van der Waals surface area (Å²) < 4.78 is 0. The highest BCUT2D eigenvalue weighted by Crippen LogP contribution is 2.35. The Kier molecular flexibility index (Phi) is 2.45. The average Bonchev–Trinajstić information content (AvgIpc) is 2.53. The quantitative estimate of drug-likeness (QED) is 0.539. The molecule has 2 aliphatic carbocycles. The van der Waals surface area contributed by atoms with Gasteiger partial charge in [0.1, 0.15) is 0 Å². The van der Waals surface area contributed by atoms with Crippen LogP contribution in [0, 0.1) is 5.92 Å². The Hall–Kier alpha value is -1.04. The summed E-state index contributed by atoms with van der Waals surface area (Å²) >= 11 is 0. The first kappa shape index (κ1) is 9.51. The van der Waals surface area contributed by atoms with Crippen molar-refractivity contribution in [3.63, 3.8) is 0 Å². The molecule has 0 spiro atoms. The lowest BCUT2D eigenvalue weighted by molar-refractivity contribution is 0.675. The highest BCUT2D eigenvalue weighted by molar-refractivity contribution is 5.50. The lowest BCUT2D eigenvalue weighted by atomic mass is 9.95. The first-order chi connectivity index (χ1) is 6.68. The van der Waals surface area contributed by atoms with E-state index in [4.69, 9.17) is 0 Å². The molecule has 2 rings (SSSR count). The van der Waals surface area contributed by atoms with Crippen molar-refractivity contribution in [2.24, 2.45) is 5.92 Å². The van der Waals surface area contributed by atoms with Crippen molar-refractivity contribution in [1.82, 2.24) is 0 Å². The molecule has 0 saturated heterocycles. The zero-order valence-electron chi connectivity index (χ0n) is 9.14. The van der Waals surface area contributed by atoms with Crippen molar-refractivity contribution >= 4 is 0 Å². The van der Waals surface area contributed by atoms with Crippen LogP contribution in [0.25, 0.3) is 0 Å². The summed E-state index contributed by atoms with van der Waals surface area (Å²) in [5.74, 6) is 0.584. The van der Waals surface area contributed by atoms with E-state index in [2.05, 4.69) is 38.7 Å². The van der Waals surface area contributed by atoms with Gasteiger partial charge < -0.3 is 0 Å². The molecule has 0 aromatic rings. The second-order valence-corrected chi connectivity index (χ2v) is 4.48. The largest absolute Gasteiger partial charge is 0.0995 e. The Morgan fingerprint density at radius 1 is 1.50 bits per heavy atom. The monoisotopic (exact) mass is 186 g/mol. The molecule has 0 aromatic carbocycles. The van der Waals surface area contributed by atoms with E-state index in [1.165, 1.54) is 24.0 Å². The van der Waals surface area contributed by atoms with E-state index >= 15 is 0 Å². The zero-order valence-corrected chi connectivity index (χ0v) is 9.14. The lowest BCUT2D eigenvalue weighted by Crippen LogP contribution is -1.96. The van der Waals surface area contributed by atoms with Crippen molar-refractivity contribution in [2.75, 3.05) is 0 Å². The maximum Gasteiger partial charge on any atom is -0.00166 e. The van der Waals surface area contributed by atoms with Crippen LogP contribution in [0.1, 0.15) is 33.1 Å². The molecular formula is C14H18. The fourth-order valence-electron chi connectivity index (χ4n) is 2.31. The molecule has 0 radical (unpaired) electrons. The van der Waals surface area contributed by atoms with Gasteiger partial charge in [-0.2, -0.15) is 0 Å². The molecule has 0 aliphatic heterocycles. The molecule has 0 heterocycles. The van der Waals surface area contributed by atoms with Crippen LogP contribution in [0.3, 0.4) is 0 Å². The van der Waals surface area contributed by atoms with Gasteiger partial charge in [-0.05, 0) is 50.2 Å². The topological polar surface area (TPSA) is 0 Å². The SMILES string of the molecule is C=C(C)[C@H]1C=C2C=CCC2=C(C)CC1. The van der Waals surface area contributed by atoms with E-state index in [0.29, 0.717) is 5.92 Å². The first-order valence-corrected chi connectivity index (χ1v) is 5.41. The van der Waals surface area contributed by atoms with Gasteiger partial charge in [0.15, 0.2) is 0 Å². The molecule has 1 atom stereocenters. The number of hydrogen-bond donors (Lipinski definition) is 0. The zero-order chi connectivity index (χ0) is 10.1. The minimum atomic E-state index is 0.584. The molecule has 0 nitrogen and oxygen atoms in total. The van der Waals surface area contributed by atoms with Crippen LogP contribution in [0.5, 0.6) is 0 Å². The van der Waals surface area contributed by atoms with Crippen LogP contribution < -0.4 is 0 Å². The summed E-state index contributed by atoms with van der Waals surface area (Å²) in [6, 6.07) is 0. The first-order valence-electron chi connectivity index (χ1n) is 5.41. The van der Waals surface area contributed by atoms with Crippen LogP contribution in [0.15, 0.2) is 47.1 Å². The van der Waals surface area contributed by atoms with Crippen molar-refractivity contribution < 1.29 is 0 Å². The fraction of sp³-hybridized carbons (Fsp3) is 0.429. The Labute approximate surface area is 86.7 Å². The van der Waals surface area contributed by atoms with Crippen LogP contribution >= 0.6 is 0 Å². The summed E-state index contributed by atoms with van der Waals surface area (Å²) in [5, 5.41) is 0. The minimum Gasteiger partial charge on any atom is -0.0995 e. The van der Waals surface area contributed by atoms with Crippen LogP contribution in [-0.2, 0) is 0 Å². The molecule has 0 unspecified atom stereocenters. The van der Waals surface area contributed by atoms with Gasteiger partial charge in [0.05, 0.1) is 0 Å². The highest BCUT2D eigenvalue weighted by atomic mass is 14.2. The maximum atomic E-state index is 4.07. The van der Waals surface area contributed by atoms with E-state index < -0.39 is 0 Å². The standard InChI is InChI=1S/C14H18/c1-10(2)12-8-7-11(3)14-6-4-5-13(14)9-12/h4-5,9,12H,1,6-8H2,2-3H3/t12-/m1/s1. The molecule has 2 aliphatic rings. The van der Waals surface area contributed by atoms with Gasteiger partial charge >= 0.3 is 0 Å². The molecule has 74 valence electrons. The third-order valence-electron chi connectivity index (χ3n) is 3.33. The Morgan fingerprint density at radius 3 is 3.00 bits per heavy atom. The van der Waals surface area contributed by atoms with Crippen LogP contribution in [0.2, 0.25) is 0 Å². The number of fused-ring (bicyclic) bond motifs is 1. The lowest BCUT2D eigenvalue weighted by Gasteiger charge is -2.10. The van der Waals surface area contributed by atoms with Gasteiger partial charge in [-0.3, -0.25) is 0 Å². The Bertz CT molecular complexity index is 350. The second kappa shape index (κ2) is 3.61. The molecule has 0 amide bonds. The predicted molar refractivity (Wildman–Crippen MR) is 62.1 cm³/mol. The molecule has 0 N–H and O–H groups in total. The summed E-state index contributed by atoms with van der Waals surface area (Å²) in [6.07, 6.45) is 10.5. The average molecular weight is 186 g/mol. The minimum absolute atomic E-state index is 0.584. The highest BCUT2D eigenvalue weighted by Gasteiger charge is 2.18. The van der Waals surface area contributed by atoms with E-state index in [1.807, 2.05) is 0 Å². The normalized spacial score (nSPS) is 25.9. The third kappa shape index (κ3) is 1.61. The van der Waals surface area contributed by atoms with Gasteiger partial charge in [-0.25, -0.2) is 0 Å². The molecule has 0 bridgehead atoms. The van der Waals surface area contributed by atoms with E-state index in [9.17, 15) is 0 Å². The summed E-state index contributed by atoms with van der Waals surface area (Å²) in [6.45, 7) is 8.49. The summed E-state index contributed by atoms with van der Waals surface area (Å²) in [4.78, 5) is 0. The van der Waals surface area contributed by atoms with Crippen molar-refractivity contribution in [3.05, 3.63) is 47.1 Å². The van der Waals surface area contributed by atoms with Crippen molar-refractivity contribution in [1.29, 1.82) is 0 Å².